The maximum absolute atomic E-state index is 11.6. The summed E-state index contributed by atoms with van der Waals surface area (Å²) in [5.74, 6) is -0.819. The SMILES string of the molecule is CCOCC(=O)OCC(=O)c1ccc(Cl)cc1. The predicted molar refractivity (Wildman–Crippen MR) is 63.2 cm³/mol. The molecule has 92 valence electrons. The second kappa shape index (κ2) is 7.04. The van der Waals surface area contributed by atoms with Gasteiger partial charge in [-0.15, -0.1) is 0 Å². The molecule has 0 amide bonds. The lowest BCUT2D eigenvalue weighted by molar-refractivity contribution is -0.147. The van der Waals surface area contributed by atoms with Gasteiger partial charge < -0.3 is 9.47 Å². The van der Waals surface area contributed by atoms with E-state index in [4.69, 9.17) is 21.1 Å². The molecule has 0 bridgehead atoms. The van der Waals surface area contributed by atoms with E-state index in [1.165, 1.54) is 0 Å². The van der Waals surface area contributed by atoms with Crippen LogP contribution < -0.4 is 0 Å². The highest BCUT2D eigenvalue weighted by atomic mass is 35.5. The second-order valence-electron chi connectivity index (χ2n) is 3.23. The zero-order chi connectivity index (χ0) is 12.7. The monoisotopic (exact) mass is 256 g/mol. The van der Waals surface area contributed by atoms with Crippen LogP contribution in [0.2, 0.25) is 5.02 Å². The van der Waals surface area contributed by atoms with Gasteiger partial charge >= 0.3 is 5.97 Å². The van der Waals surface area contributed by atoms with Gasteiger partial charge in [0.05, 0.1) is 0 Å². The molecule has 0 saturated heterocycles. The van der Waals surface area contributed by atoms with Crippen LogP contribution in [-0.2, 0) is 14.3 Å². The van der Waals surface area contributed by atoms with E-state index >= 15 is 0 Å². The molecule has 0 heterocycles. The fourth-order valence-electron chi connectivity index (χ4n) is 1.09. The van der Waals surface area contributed by atoms with E-state index < -0.39 is 5.97 Å². The molecule has 1 aromatic carbocycles. The Labute approximate surface area is 104 Å². The number of ether oxygens (including phenoxy) is 2. The number of esters is 1. The first-order valence-corrected chi connectivity index (χ1v) is 5.53. The van der Waals surface area contributed by atoms with Crippen LogP contribution in [0.5, 0.6) is 0 Å². The zero-order valence-corrected chi connectivity index (χ0v) is 10.2. The number of halogens is 1. The van der Waals surface area contributed by atoms with Crippen molar-refractivity contribution in [3.63, 3.8) is 0 Å². The summed E-state index contributed by atoms with van der Waals surface area (Å²) in [5.41, 5.74) is 0.457. The third-order valence-corrected chi connectivity index (χ3v) is 2.21. The minimum Gasteiger partial charge on any atom is -0.456 e. The first-order valence-electron chi connectivity index (χ1n) is 5.15. The van der Waals surface area contributed by atoms with E-state index in [2.05, 4.69) is 0 Å². The van der Waals surface area contributed by atoms with Crippen LogP contribution in [0.3, 0.4) is 0 Å². The molecule has 0 aliphatic carbocycles. The van der Waals surface area contributed by atoms with Crippen molar-refractivity contribution in [2.24, 2.45) is 0 Å². The fourth-order valence-corrected chi connectivity index (χ4v) is 1.22. The highest BCUT2D eigenvalue weighted by molar-refractivity contribution is 6.30. The third kappa shape index (κ3) is 4.97. The molecule has 0 aliphatic rings. The first kappa shape index (κ1) is 13.7. The summed E-state index contributed by atoms with van der Waals surface area (Å²) >= 11 is 5.69. The predicted octanol–water partition coefficient (Wildman–Crippen LogP) is 2.10. The molecule has 4 nitrogen and oxygen atoms in total. The molecule has 0 aliphatic heterocycles. The molecule has 0 spiro atoms. The van der Waals surface area contributed by atoms with Crippen LogP contribution in [0.1, 0.15) is 17.3 Å². The van der Waals surface area contributed by atoms with E-state index in [9.17, 15) is 9.59 Å². The molecule has 5 heteroatoms. The standard InChI is InChI=1S/C12H13ClO4/c1-2-16-8-12(15)17-7-11(14)9-3-5-10(13)6-4-9/h3-6H,2,7-8H2,1H3. The van der Waals surface area contributed by atoms with Crippen molar-refractivity contribution >= 4 is 23.4 Å². The summed E-state index contributed by atoms with van der Waals surface area (Å²) in [6, 6.07) is 6.38. The van der Waals surface area contributed by atoms with Crippen LogP contribution in [0.25, 0.3) is 0 Å². The number of hydrogen-bond donors (Lipinski definition) is 0. The highest BCUT2D eigenvalue weighted by Gasteiger charge is 2.09. The van der Waals surface area contributed by atoms with Crippen molar-refractivity contribution in [1.82, 2.24) is 0 Å². The van der Waals surface area contributed by atoms with Gasteiger partial charge in [-0.3, -0.25) is 4.79 Å². The van der Waals surface area contributed by atoms with Crippen molar-refractivity contribution in [3.8, 4) is 0 Å². The lowest BCUT2D eigenvalue weighted by Crippen LogP contribution is -2.18. The number of Topliss-reactive ketones (excluding diaryl/α,β-unsaturated/α-hetero) is 1. The molecule has 17 heavy (non-hydrogen) atoms. The Morgan fingerprint density at radius 2 is 1.82 bits per heavy atom. The maximum Gasteiger partial charge on any atom is 0.332 e. The third-order valence-electron chi connectivity index (χ3n) is 1.95. The Balaban J connectivity index is 2.39. The highest BCUT2D eigenvalue weighted by Crippen LogP contribution is 2.10. The Morgan fingerprint density at radius 3 is 2.41 bits per heavy atom. The van der Waals surface area contributed by atoms with Crippen LogP contribution in [0, 0.1) is 0 Å². The van der Waals surface area contributed by atoms with Crippen LogP contribution in [0.15, 0.2) is 24.3 Å². The summed E-state index contributed by atoms with van der Waals surface area (Å²) in [5, 5.41) is 0.551. The molecular formula is C12H13ClO4. The molecular weight excluding hydrogens is 244 g/mol. The molecule has 1 rings (SSSR count). The zero-order valence-electron chi connectivity index (χ0n) is 9.44. The topological polar surface area (TPSA) is 52.6 Å². The largest absolute Gasteiger partial charge is 0.456 e. The quantitative estimate of drug-likeness (QED) is 0.578. The van der Waals surface area contributed by atoms with Gasteiger partial charge in [-0.25, -0.2) is 4.79 Å². The van der Waals surface area contributed by atoms with Gasteiger partial charge in [-0.05, 0) is 31.2 Å². The smallest absolute Gasteiger partial charge is 0.332 e. The molecule has 0 radical (unpaired) electrons. The number of carbonyl (C=O) groups is 2. The summed E-state index contributed by atoms with van der Waals surface area (Å²) in [6.45, 7) is 1.78. The minimum atomic E-state index is -0.547. The maximum atomic E-state index is 11.6. The second-order valence-corrected chi connectivity index (χ2v) is 3.66. The van der Waals surface area contributed by atoms with E-state index in [0.717, 1.165) is 0 Å². The number of ketones is 1. The average Bonchev–Trinajstić information content (AvgIpc) is 2.34. The van der Waals surface area contributed by atoms with Crippen molar-refractivity contribution in [2.75, 3.05) is 19.8 Å². The average molecular weight is 257 g/mol. The van der Waals surface area contributed by atoms with Crippen molar-refractivity contribution in [3.05, 3.63) is 34.9 Å². The summed E-state index contributed by atoms with van der Waals surface area (Å²) in [6.07, 6.45) is 0. The van der Waals surface area contributed by atoms with Gasteiger partial charge in [0.1, 0.15) is 6.61 Å². The number of rotatable bonds is 6. The molecule has 0 atom stereocenters. The number of hydrogen-bond acceptors (Lipinski definition) is 4. The molecule has 0 saturated carbocycles. The lowest BCUT2D eigenvalue weighted by atomic mass is 10.1. The van der Waals surface area contributed by atoms with Crippen molar-refractivity contribution in [2.45, 2.75) is 6.92 Å². The van der Waals surface area contributed by atoms with Gasteiger partial charge in [0, 0.05) is 17.2 Å². The number of carbonyl (C=O) groups excluding carboxylic acids is 2. The fraction of sp³-hybridized carbons (Fsp3) is 0.333. The first-order chi connectivity index (χ1) is 8.13. The summed E-state index contributed by atoms with van der Waals surface area (Å²) in [7, 11) is 0. The van der Waals surface area contributed by atoms with Crippen molar-refractivity contribution < 1.29 is 19.1 Å². The summed E-state index contributed by atoms with van der Waals surface area (Å²) < 4.78 is 9.59. The lowest BCUT2D eigenvalue weighted by Gasteiger charge is -2.04. The van der Waals surface area contributed by atoms with Gasteiger partial charge in [-0.2, -0.15) is 0 Å². The minimum absolute atomic E-state index is 0.135. The van der Waals surface area contributed by atoms with Gasteiger partial charge in [0.25, 0.3) is 0 Å². The van der Waals surface area contributed by atoms with Gasteiger partial charge in [-0.1, -0.05) is 11.6 Å². The Kier molecular flexibility index (Phi) is 5.66. The Morgan fingerprint density at radius 1 is 1.18 bits per heavy atom. The molecule has 0 fully saturated rings. The van der Waals surface area contributed by atoms with Crippen LogP contribution >= 0.6 is 11.6 Å². The normalized spacial score (nSPS) is 10.0. The molecule has 0 N–H and O–H groups in total. The van der Waals surface area contributed by atoms with Crippen LogP contribution in [0.4, 0.5) is 0 Å². The molecule has 0 unspecified atom stereocenters. The summed E-state index contributed by atoms with van der Waals surface area (Å²) in [4.78, 5) is 22.6. The van der Waals surface area contributed by atoms with E-state index in [-0.39, 0.29) is 19.0 Å². The van der Waals surface area contributed by atoms with E-state index in [1.54, 1.807) is 31.2 Å². The Hall–Kier alpha value is -1.39. The molecule has 0 aromatic heterocycles. The number of benzene rings is 1. The van der Waals surface area contributed by atoms with Gasteiger partial charge in [0.15, 0.2) is 12.4 Å². The van der Waals surface area contributed by atoms with Crippen LogP contribution in [-0.4, -0.2) is 31.6 Å². The Bertz CT molecular complexity index is 386. The van der Waals surface area contributed by atoms with E-state index in [0.29, 0.717) is 17.2 Å². The van der Waals surface area contributed by atoms with Gasteiger partial charge in [0.2, 0.25) is 0 Å². The molecule has 1 aromatic rings. The van der Waals surface area contributed by atoms with Crippen molar-refractivity contribution in [1.29, 1.82) is 0 Å². The van der Waals surface area contributed by atoms with E-state index in [1.807, 2.05) is 0 Å².